The first-order chi connectivity index (χ1) is 17.5. The third-order valence-corrected chi connectivity index (χ3v) is 6.92. The molecule has 1 saturated heterocycles. The minimum Gasteiger partial charge on any atom is -0.383 e. The summed E-state index contributed by atoms with van der Waals surface area (Å²) < 4.78 is 15.8. The first-order valence-corrected chi connectivity index (χ1v) is 12.1. The van der Waals surface area contributed by atoms with E-state index in [1.807, 2.05) is 31.7 Å². The second-order valence-corrected chi connectivity index (χ2v) is 9.30. The Labute approximate surface area is 211 Å². The van der Waals surface area contributed by atoms with Crippen molar-refractivity contribution in [1.29, 1.82) is 5.41 Å². The molecule has 1 aliphatic heterocycles. The highest BCUT2D eigenvalue weighted by atomic mass is 32.2. The monoisotopic (exact) mass is 504 g/mol. The summed E-state index contributed by atoms with van der Waals surface area (Å²) in [5.74, 6) is 1.25. The summed E-state index contributed by atoms with van der Waals surface area (Å²) >= 11 is 1.21. The van der Waals surface area contributed by atoms with E-state index in [9.17, 15) is 4.39 Å². The minimum absolute atomic E-state index is 0.306. The number of aryl methyl sites for hydroxylation is 1. The summed E-state index contributed by atoms with van der Waals surface area (Å²) in [6, 6.07) is 8.55. The lowest BCUT2D eigenvalue weighted by Crippen LogP contribution is -2.49. The van der Waals surface area contributed by atoms with Crippen molar-refractivity contribution in [1.82, 2.24) is 29.6 Å². The summed E-state index contributed by atoms with van der Waals surface area (Å²) in [5.41, 5.74) is 9.03. The average Bonchev–Trinajstić information content (AvgIpc) is 3.54. The van der Waals surface area contributed by atoms with Gasteiger partial charge in [-0.25, -0.2) is 14.4 Å². The number of amidine groups is 1. The Morgan fingerprint density at radius 3 is 2.67 bits per heavy atom. The van der Waals surface area contributed by atoms with Gasteiger partial charge in [-0.05, 0) is 18.2 Å². The fraction of sp³-hybridized carbons (Fsp3) is 0.208. The molecule has 0 unspecified atom stereocenters. The van der Waals surface area contributed by atoms with Gasteiger partial charge in [0.15, 0.2) is 5.84 Å². The van der Waals surface area contributed by atoms with Gasteiger partial charge in [-0.2, -0.15) is 10.1 Å². The lowest BCUT2D eigenvalue weighted by Gasteiger charge is -2.36. The van der Waals surface area contributed by atoms with E-state index in [4.69, 9.17) is 11.1 Å². The number of piperazine rings is 1. The average molecular weight is 505 g/mol. The highest BCUT2D eigenvalue weighted by Crippen LogP contribution is 2.33. The SMILES string of the molecule is Cn1cc(-c2c[nH]c(/C(=N\C=N)N3CCN(c4ncc(Sc5ccccc5F)c(N)n4)CC3)c2)cn1. The molecule has 4 aromatic rings. The van der Waals surface area contributed by atoms with Crippen LogP contribution >= 0.6 is 11.8 Å². The summed E-state index contributed by atoms with van der Waals surface area (Å²) in [5, 5.41) is 11.8. The number of H-pyrrole nitrogens is 1. The quantitative estimate of drug-likeness (QED) is 0.272. The molecular weight excluding hydrogens is 479 g/mol. The second-order valence-electron chi connectivity index (χ2n) is 8.21. The number of halogens is 1. The molecule has 0 amide bonds. The van der Waals surface area contributed by atoms with Crippen LogP contribution in [0.2, 0.25) is 0 Å². The number of aromatic nitrogens is 5. The maximum absolute atomic E-state index is 14.0. The summed E-state index contributed by atoms with van der Waals surface area (Å²) in [7, 11) is 1.88. The van der Waals surface area contributed by atoms with Crippen LogP contribution in [0.5, 0.6) is 0 Å². The minimum atomic E-state index is -0.306. The zero-order chi connectivity index (χ0) is 25.1. The molecule has 4 N–H and O–H groups in total. The lowest BCUT2D eigenvalue weighted by atomic mass is 10.2. The first kappa shape index (κ1) is 23.5. The molecule has 0 radical (unpaired) electrons. The van der Waals surface area contributed by atoms with E-state index in [1.165, 1.54) is 17.8 Å². The van der Waals surface area contributed by atoms with Gasteiger partial charge < -0.3 is 20.5 Å². The predicted molar refractivity (Wildman–Crippen MR) is 139 cm³/mol. The predicted octanol–water partition coefficient (Wildman–Crippen LogP) is 3.25. The Balaban J connectivity index is 1.26. The number of hydrogen-bond donors (Lipinski definition) is 3. The molecule has 4 heterocycles. The summed E-state index contributed by atoms with van der Waals surface area (Å²) in [6.45, 7) is 2.66. The van der Waals surface area contributed by atoms with E-state index < -0.39 is 0 Å². The molecular formula is C24H25FN10S. The van der Waals surface area contributed by atoms with Gasteiger partial charge in [0.1, 0.15) is 18.0 Å². The van der Waals surface area contributed by atoms with Crippen molar-refractivity contribution >= 4 is 35.7 Å². The fourth-order valence-electron chi connectivity index (χ4n) is 4.01. The second kappa shape index (κ2) is 10.2. The van der Waals surface area contributed by atoms with Crippen molar-refractivity contribution < 1.29 is 4.39 Å². The Morgan fingerprint density at radius 1 is 1.17 bits per heavy atom. The smallest absolute Gasteiger partial charge is 0.227 e. The van der Waals surface area contributed by atoms with Crippen LogP contribution in [0.3, 0.4) is 0 Å². The van der Waals surface area contributed by atoms with Crippen molar-refractivity contribution in [2.75, 3.05) is 36.8 Å². The highest BCUT2D eigenvalue weighted by molar-refractivity contribution is 7.99. The standard InChI is InChI=1S/C24H25FN10S/c1-33-14-17(12-31-33)16-10-19(28-11-16)23(30-15-26)34-6-8-35(9-7-34)24-29-13-21(22(27)32-24)36-20-5-3-2-4-18(20)25/h2-5,10-15,26,28H,6-9H2,1H3,(H2,27,29,32)/b26-15?,30-23+. The van der Waals surface area contributed by atoms with Gasteiger partial charge in [0.2, 0.25) is 5.95 Å². The van der Waals surface area contributed by atoms with Crippen molar-refractivity contribution in [2.45, 2.75) is 9.79 Å². The maximum atomic E-state index is 14.0. The van der Waals surface area contributed by atoms with Crippen LogP contribution in [-0.4, -0.2) is 68.0 Å². The molecule has 3 aromatic heterocycles. The zero-order valence-electron chi connectivity index (χ0n) is 19.6. The largest absolute Gasteiger partial charge is 0.383 e. The Kier molecular flexibility index (Phi) is 6.67. The number of nitrogen functional groups attached to an aromatic ring is 1. The number of rotatable bonds is 6. The van der Waals surface area contributed by atoms with Crippen molar-refractivity contribution in [3.63, 3.8) is 0 Å². The molecule has 12 heteroatoms. The molecule has 10 nitrogen and oxygen atoms in total. The van der Waals surface area contributed by atoms with E-state index in [-0.39, 0.29) is 5.82 Å². The fourth-order valence-corrected chi connectivity index (χ4v) is 4.82. The van der Waals surface area contributed by atoms with Gasteiger partial charge in [-0.1, -0.05) is 23.9 Å². The van der Waals surface area contributed by atoms with Crippen LogP contribution < -0.4 is 10.6 Å². The molecule has 0 atom stereocenters. The van der Waals surface area contributed by atoms with E-state index >= 15 is 0 Å². The number of nitrogens with zero attached hydrogens (tertiary/aromatic N) is 7. The van der Waals surface area contributed by atoms with E-state index in [2.05, 4.69) is 34.8 Å². The van der Waals surface area contributed by atoms with Gasteiger partial charge in [-0.3, -0.25) is 10.1 Å². The molecule has 1 aliphatic rings. The van der Waals surface area contributed by atoms with Crippen molar-refractivity contribution in [2.24, 2.45) is 12.0 Å². The molecule has 1 aromatic carbocycles. The lowest BCUT2D eigenvalue weighted by molar-refractivity contribution is 0.383. The number of nitrogens with one attached hydrogen (secondary N) is 2. The van der Waals surface area contributed by atoms with Gasteiger partial charge >= 0.3 is 0 Å². The van der Waals surface area contributed by atoms with Crippen LogP contribution in [0.25, 0.3) is 11.1 Å². The third kappa shape index (κ3) is 4.93. The van der Waals surface area contributed by atoms with E-state index in [1.54, 1.807) is 29.1 Å². The summed E-state index contributed by atoms with van der Waals surface area (Å²) in [6.07, 6.45) is 8.37. The summed E-state index contributed by atoms with van der Waals surface area (Å²) in [4.78, 5) is 21.8. The molecule has 0 saturated carbocycles. The highest BCUT2D eigenvalue weighted by Gasteiger charge is 2.24. The molecule has 1 fully saturated rings. The molecule has 36 heavy (non-hydrogen) atoms. The number of nitrogens with two attached hydrogens (primary N) is 1. The van der Waals surface area contributed by atoms with Gasteiger partial charge in [-0.15, -0.1) is 0 Å². The van der Waals surface area contributed by atoms with E-state index in [0.29, 0.717) is 53.6 Å². The number of benzene rings is 1. The molecule has 0 bridgehead atoms. The first-order valence-electron chi connectivity index (χ1n) is 11.3. The number of aromatic amines is 1. The normalized spacial score (nSPS) is 14.3. The Hall–Kier alpha value is -4.19. The van der Waals surface area contributed by atoms with Crippen LogP contribution in [0.1, 0.15) is 5.69 Å². The van der Waals surface area contributed by atoms with Crippen molar-refractivity contribution in [3.8, 4) is 11.1 Å². The third-order valence-electron chi connectivity index (χ3n) is 5.84. The molecule has 0 aliphatic carbocycles. The van der Waals surface area contributed by atoms with Crippen LogP contribution in [0.15, 0.2) is 69.9 Å². The molecule has 184 valence electrons. The Morgan fingerprint density at radius 2 is 1.97 bits per heavy atom. The van der Waals surface area contributed by atoms with Gasteiger partial charge in [0.05, 0.1) is 16.8 Å². The number of aliphatic imine (C=N–C) groups is 1. The maximum Gasteiger partial charge on any atom is 0.227 e. The van der Waals surface area contributed by atoms with Crippen LogP contribution in [-0.2, 0) is 7.05 Å². The van der Waals surface area contributed by atoms with Crippen LogP contribution in [0, 0.1) is 11.2 Å². The zero-order valence-corrected chi connectivity index (χ0v) is 20.4. The molecule has 0 spiro atoms. The van der Waals surface area contributed by atoms with E-state index in [0.717, 1.165) is 23.2 Å². The topological polar surface area (TPSA) is 128 Å². The molecule has 5 rings (SSSR count). The van der Waals surface area contributed by atoms with Crippen molar-refractivity contribution in [3.05, 3.63) is 66.6 Å². The van der Waals surface area contributed by atoms with Crippen LogP contribution in [0.4, 0.5) is 16.2 Å². The number of hydrogen-bond acceptors (Lipinski definition) is 7. The van der Waals surface area contributed by atoms with Gasteiger partial charge in [0.25, 0.3) is 0 Å². The van der Waals surface area contributed by atoms with Gasteiger partial charge in [0, 0.05) is 67.8 Å². The number of anilines is 2. The Bertz CT molecular complexity index is 1400.